The predicted octanol–water partition coefficient (Wildman–Crippen LogP) is 1.77. The number of hydrogen-bond donors (Lipinski definition) is 1. The smallest absolute Gasteiger partial charge is 0.306 e. The van der Waals surface area contributed by atoms with Gasteiger partial charge in [-0.25, -0.2) is 4.39 Å². The Balaban J connectivity index is 2.92. The van der Waals surface area contributed by atoms with Gasteiger partial charge in [-0.3, -0.25) is 4.79 Å². The van der Waals surface area contributed by atoms with Gasteiger partial charge in [-0.2, -0.15) is 0 Å². The second kappa shape index (κ2) is 5.98. The largest absolute Gasteiger partial charge is 0.505 e. The van der Waals surface area contributed by atoms with Crippen molar-refractivity contribution in [3.05, 3.63) is 29.6 Å². The number of phenols is 1. The zero-order chi connectivity index (χ0) is 12.8. The Morgan fingerprint density at radius 1 is 1.59 bits per heavy atom. The monoisotopic (exact) mass is 240 g/mol. The molecule has 0 aromatic heterocycles. The third-order valence-corrected chi connectivity index (χ3v) is 2.46. The lowest BCUT2D eigenvalue weighted by molar-refractivity contribution is -0.141. The number of aldehydes is 1. The van der Waals surface area contributed by atoms with Gasteiger partial charge in [-0.15, -0.1) is 0 Å². The van der Waals surface area contributed by atoms with Crippen molar-refractivity contribution in [3.8, 4) is 5.75 Å². The lowest BCUT2D eigenvalue weighted by Gasteiger charge is -2.13. The number of carbonyl (C=O) groups excluding carboxylic acids is 2. The molecule has 1 N–H and O–H groups in total. The van der Waals surface area contributed by atoms with Crippen LogP contribution >= 0.6 is 0 Å². The number of methoxy groups -OCH3 is 1. The highest BCUT2D eigenvalue weighted by molar-refractivity contribution is 5.71. The Morgan fingerprint density at radius 2 is 2.29 bits per heavy atom. The van der Waals surface area contributed by atoms with Gasteiger partial charge in [0.25, 0.3) is 0 Å². The van der Waals surface area contributed by atoms with Crippen LogP contribution in [0.15, 0.2) is 18.2 Å². The number of benzene rings is 1. The van der Waals surface area contributed by atoms with E-state index < -0.39 is 23.5 Å². The van der Waals surface area contributed by atoms with E-state index >= 15 is 0 Å². The Bertz CT molecular complexity index is 417. The van der Waals surface area contributed by atoms with Gasteiger partial charge < -0.3 is 14.6 Å². The number of rotatable bonds is 5. The normalized spacial score (nSPS) is 11.9. The molecule has 1 atom stereocenters. The highest BCUT2D eigenvalue weighted by Gasteiger charge is 2.17. The van der Waals surface area contributed by atoms with Gasteiger partial charge in [-0.1, -0.05) is 6.07 Å². The quantitative estimate of drug-likeness (QED) is 0.629. The fraction of sp³-hybridized carbons (Fsp3) is 0.333. The first-order valence-electron chi connectivity index (χ1n) is 5.07. The molecule has 1 aromatic carbocycles. The van der Waals surface area contributed by atoms with Crippen molar-refractivity contribution in [1.82, 2.24) is 0 Å². The molecule has 0 spiro atoms. The molecule has 5 heteroatoms. The van der Waals surface area contributed by atoms with Gasteiger partial charge in [0.05, 0.1) is 13.5 Å². The maximum atomic E-state index is 13.1. The van der Waals surface area contributed by atoms with E-state index in [2.05, 4.69) is 4.74 Å². The molecular weight excluding hydrogens is 227 g/mol. The van der Waals surface area contributed by atoms with Gasteiger partial charge in [0.1, 0.15) is 6.29 Å². The minimum absolute atomic E-state index is 0.000540. The molecule has 4 nitrogen and oxygen atoms in total. The van der Waals surface area contributed by atoms with Gasteiger partial charge in [0.15, 0.2) is 11.6 Å². The van der Waals surface area contributed by atoms with Crippen LogP contribution in [0.1, 0.15) is 24.3 Å². The first-order valence-corrected chi connectivity index (χ1v) is 5.07. The summed E-state index contributed by atoms with van der Waals surface area (Å²) in [5.41, 5.74) is 0.484. The van der Waals surface area contributed by atoms with E-state index in [0.29, 0.717) is 11.8 Å². The number of ether oxygens (including phenoxy) is 1. The molecule has 0 heterocycles. The molecule has 1 unspecified atom stereocenters. The molecule has 17 heavy (non-hydrogen) atoms. The molecule has 1 rings (SSSR count). The van der Waals surface area contributed by atoms with Crippen LogP contribution in [-0.2, 0) is 14.3 Å². The molecule has 0 amide bonds. The van der Waals surface area contributed by atoms with E-state index in [-0.39, 0.29) is 12.8 Å². The second-order valence-corrected chi connectivity index (χ2v) is 3.59. The van der Waals surface area contributed by atoms with Crippen LogP contribution in [-0.4, -0.2) is 24.5 Å². The van der Waals surface area contributed by atoms with Gasteiger partial charge in [0.2, 0.25) is 0 Å². The topological polar surface area (TPSA) is 63.6 Å². The summed E-state index contributed by atoms with van der Waals surface area (Å²) in [4.78, 5) is 21.7. The summed E-state index contributed by atoms with van der Waals surface area (Å²) in [5.74, 6) is -2.14. The zero-order valence-electron chi connectivity index (χ0n) is 9.35. The number of aromatic hydroxyl groups is 1. The summed E-state index contributed by atoms with van der Waals surface area (Å²) in [7, 11) is 1.25. The lowest BCUT2D eigenvalue weighted by atomic mass is 9.93. The number of phenolic OH excluding ortho intramolecular Hbond substituents is 1. The summed E-state index contributed by atoms with van der Waals surface area (Å²) in [6.07, 6.45) is 0.761. The van der Waals surface area contributed by atoms with Gasteiger partial charge in [0, 0.05) is 12.3 Å². The standard InChI is InChI=1S/C12H13FO4/c1-17-12(16)7-9(4-5-14)8-2-3-11(15)10(13)6-8/h2-3,5-6,9,15H,4,7H2,1H3. The first kappa shape index (κ1) is 13.2. The Morgan fingerprint density at radius 3 is 2.82 bits per heavy atom. The van der Waals surface area contributed by atoms with E-state index in [1.54, 1.807) is 0 Å². The predicted molar refractivity (Wildman–Crippen MR) is 58.1 cm³/mol. The molecule has 0 saturated heterocycles. The fourth-order valence-electron chi connectivity index (χ4n) is 1.52. The molecule has 0 radical (unpaired) electrons. The van der Waals surface area contributed by atoms with E-state index in [0.717, 1.165) is 6.07 Å². The van der Waals surface area contributed by atoms with Crippen LogP contribution in [0.4, 0.5) is 4.39 Å². The highest BCUT2D eigenvalue weighted by atomic mass is 19.1. The maximum absolute atomic E-state index is 13.1. The fourth-order valence-corrected chi connectivity index (χ4v) is 1.52. The summed E-state index contributed by atoms with van der Waals surface area (Å²) in [5, 5.41) is 9.05. The molecule has 0 saturated carbocycles. The van der Waals surface area contributed by atoms with Gasteiger partial charge in [-0.05, 0) is 17.7 Å². The SMILES string of the molecule is COC(=O)CC(CC=O)c1ccc(O)c(F)c1. The number of carbonyl (C=O) groups is 2. The van der Waals surface area contributed by atoms with Crippen molar-refractivity contribution in [3.63, 3.8) is 0 Å². The molecule has 0 fully saturated rings. The van der Waals surface area contributed by atoms with E-state index in [1.165, 1.54) is 19.2 Å². The van der Waals surface area contributed by atoms with E-state index in [1.807, 2.05) is 0 Å². The molecule has 0 aliphatic rings. The van der Waals surface area contributed by atoms with Crippen molar-refractivity contribution >= 4 is 12.3 Å². The Hall–Kier alpha value is -1.91. The van der Waals surface area contributed by atoms with Crippen LogP contribution in [0.25, 0.3) is 0 Å². The average molecular weight is 240 g/mol. The van der Waals surface area contributed by atoms with Crippen molar-refractivity contribution in [2.24, 2.45) is 0 Å². The molecule has 0 bridgehead atoms. The molecular formula is C12H13FO4. The molecule has 92 valence electrons. The summed E-state index contributed by atoms with van der Waals surface area (Å²) < 4.78 is 17.6. The van der Waals surface area contributed by atoms with Crippen molar-refractivity contribution in [1.29, 1.82) is 0 Å². The summed E-state index contributed by atoms with van der Waals surface area (Å²) in [6.45, 7) is 0. The van der Waals surface area contributed by atoms with Gasteiger partial charge >= 0.3 is 5.97 Å². The van der Waals surface area contributed by atoms with Crippen molar-refractivity contribution in [2.45, 2.75) is 18.8 Å². The van der Waals surface area contributed by atoms with Crippen LogP contribution in [0.2, 0.25) is 0 Å². The maximum Gasteiger partial charge on any atom is 0.306 e. The van der Waals surface area contributed by atoms with Crippen LogP contribution in [0, 0.1) is 5.82 Å². The van der Waals surface area contributed by atoms with Crippen LogP contribution in [0.3, 0.4) is 0 Å². The van der Waals surface area contributed by atoms with Crippen LogP contribution in [0.5, 0.6) is 5.75 Å². The third kappa shape index (κ3) is 3.55. The Kier molecular flexibility index (Phi) is 4.63. The minimum Gasteiger partial charge on any atom is -0.505 e. The average Bonchev–Trinajstić information content (AvgIpc) is 2.32. The Labute approximate surface area is 98.0 Å². The summed E-state index contributed by atoms with van der Waals surface area (Å²) in [6, 6.07) is 3.79. The summed E-state index contributed by atoms with van der Waals surface area (Å²) >= 11 is 0. The van der Waals surface area contributed by atoms with Crippen molar-refractivity contribution in [2.75, 3.05) is 7.11 Å². The minimum atomic E-state index is -0.775. The van der Waals surface area contributed by atoms with Crippen LogP contribution < -0.4 is 0 Å². The van der Waals surface area contributed by atoms with E-state index in [9.17, 15) is 14.0 Å². The van der Waals surface area contributed by atoms with E-state index in [4.69, 9.17) is 5.11 Å². The second-order valence-electron chi connectivity index (χ2n) is 3.59. The first-order chi connectivity index (χ1) is 8.08. The third-order valence-electron chi connectivity index (χ3n) is 2.46. The number of esters is 1. The van der Waals surface area contributed by atoms with Crippen molar-refractivity contribution < 1.29 is 23.8 Å². The molecule has 0 aliphatic heterocycles. The highest BCUT2D eigenvalue weighted by Crippen LogP contribution is 2.26. The lowest BCUT2D eigenvalue weighted by Crippen LogP contribution is -2.09. The zero-order valence-corrected chi connectivity index (χ0v) is 9.35. The molecule has 0 aliphatic carbocycles. The molecule has 1 aromatic rings. The number of halogens is 1. The number of hydrogen-bond acceptors (Lipinski definition) is 4.